The van der Waals surface area contributed by atoms with Crippen molar-refractivity contribution in [2.24, 2.45) is 0 Å². The van der Waals surface area contributed by atoms with Crippen molar-refractivity contribution in [1.29, 1.82) is 0 Å². The van der Waals surface area contributed by atoms with Crippen molar-refractivity contribution in [3.63, 3.8) is 0 Å². The van der Waals surface area contributed by atoms with Crippen molar-refractivity contribution in [3.05, 3.63) is 58.6 Å². The highest BCUT2D eigenvalue weighted by Crippen LogP contribution is 2.29. The third-order valence-corrected chi connectivity index (χ3v) is 4.29. The predicted octanol–water partition coefficient (Wildman–Crippen LogP) is 5.28. The molecule has 168 valence electrons. The number of hydrogen-bond donors (Lipinski definition) is 4. The van der Waals surface area contributed by atoms with Gasteiger partial charge in [-0.1, -0.05) is 35.3 Å². The smallest absolute Gasteiger partial charge is 0.480 e. The van der Waals surface area contributed by atoms with Crippen LogP contribution in [-0.2, 0) is 4.79 Å². The maximum absolute atomic E-state index is 12.5. The maximum atomic E-state index is 12.5. The Morgan fingerprint density at radius 2 is 1.84 bits per heavy atom. The Hall–Kier alpha value is -3.44. The summed E-state index contributed by atoms with van der Waals surface area (Å²) in [5.74, 6) is -1.48. The lowest BCUT2D eigenvalue weighted by Gasteiger charge is -2.14. The summed E-state index contributed by atoms with van der Waals surface area (Å²) in [7, 11) is 0. The summed E-state index contributed by atoms with van der Waals surface area (Å²) in [4.78, 5) is 19.2. The number of hydrogen-bond acceptors (Lipinski definition) is 7. The Morgan fingerprint density at radius 3 is 2.53 bits per heavy atom. The number of hydrazine groups is 1. The standard InChI is InChI=1S/C19H14Cl2F3N5O3/c20-11-4-5-14(13(21)7-11)28-29-16-8-15(26-18(27-16)25-9-17(30)31)10-2-1-3-12(6-10)32-19(22,23)24/h1-8,28H,9H2,(H,30,31)(H2,25,26,27,29). The third-order valence-electron chi connectivity index (χ3n) is 3.74. The fraction of sp³-hybridized carbons (Fsp3) is 0.105. The molecule has 2 aromatic carbocycles. The number of alkyl halides is 3. The lowest BCUT2D eigenvalue weighted by Crippen LogP contribution is -2.17. The second kappa shape index (κ2) is 9.79. The average Bonchev–Trinajstić information content (AvgIpc) is 2.70. The van der Waals surface area contributed by atoms with Gasteiger partial charge in [-0.05, 0) is 30.3 Å². The van der Waals surface area contributed by atoms with Gasteiger partial charge in [0.25, 0.3) is 0 Å². The van der Waals surface area contributed by atoms with E-state index >= 15 is 0 Å². The molecule has 0 atom stereocenters. The highest BCUT2D eigenvalue weighted by atomic mass is 35.5. The van der Waals surface area contributed by atoms with Gasteiger partial charge < -0.3 is 15.2 Å². The zero-order valence-corrected chi connectivity index (χ0v) is 17.4. The lowest BCUT2D eigenvalue weighted by molar-refractivity contribution is -0.274. The minimum atomic E-state index is -4.85. The highest BCUT2D eigenvalue weighted by Gasteiger charge is 2.31. The van der Waals surface area contributed by atoms with E-state index < -0.39 is 24.6 Å². The molecule has 0 aliphatic heterocycles. The van der Waals surface area contributed by atoms with Gasteiger partial charge in [0.15, 0.2) is 5.82 Å². The van der Waals surface area contributed by atoms with Gasteiger partial charge in [-0.2, -0.15) is 4.98 Å². The van der Waals surface area contributed by atoms with Crippen LogP contribution < -0.4 is 20.9 Å². The Morgan fingerprint density at radius 1 is 1.06 bits per heavy atom. The Bertz CT molecular complexity index is 1130. The highest BCUT2D eigenvalue weighted by molar-refractivity contribution is 6.36. The first-order valence-corrected chi connectivity index (χ1v) is 9.53. The number of benzene rings is 2. The molecule has 3 aromatic rings. The summed E-state index contributed by atoms with van der Waals surface area (Å²) < 4.78 is 41.6. The van der Waals surface area contributed by atoms with Crippen LogP contribution in [0.2, 0.25) is 10.0 Å². The van der Waals surface area contributed by atoms with Crippen molar-refractivity contribution >= 4 is 46.6 Å². The van der Waals surface area contributed by atoms with Crippen molar-refractivity contribution in [3.8, 4) is 17.0 Å². The maximum Gasteiger partial charge on any atom is 0.573 e. The van der Waals surface area contributed by atoms with Gasteiger partial charge in [0.2, 0.25) is 5.95 Å². The molecule has 1 heterocycles. The SMILES string of the molecule is O=C(O)CNc1nc(NNc2ccc(Cl)cc2Cl)cc(-c2cccc(OC(F)(F)F)c2)n1. The molecular weight excluding hydrogens is 474 g/mol. The second-order valence-electron chi connectivity index (χ2n) is 6.16. The third kappa shape index (κ3) is 6.79. The van der Waals surface area contributed by atoms with Crippen molar-refractivity contribution < 1.29 is 27.8 Å². The second-order valence-corrected chi connectivity index (χ2v) is 7.00. The molecule has 0 bridgehead atoms. The van der Waals surface area contributed by atoms with E-state index in [4.69, 9.17) is 28.3 Å². The molecule has 0 spiro atoms. The number of nitrogens with zero attached hydrogens (tertiary/aromatic N) is 2. The molecule has 4 N–H and O–H groups in total. The molecule has 0 fully saturated rings. The van der Waals surface area contributed by atoms with E-state index in [1.165, 1.54) is 24.3 Å². The number of carboxylic acid groups (broad SMARTS) is 1. The minimum absolute atomic E-state index is 0.0708. The monoisotopic (exact) mass is 487 g/mol. The van der Waals surface area contributed by atoms with E-state index in [2.05, 4.69) is 30.9 Å². The van der Waals surface area contributed by atoms with E-state index in [0.29, 0.717) is 15.7 Å². The first-order chi connectivity index (χ1) is 15.1. The summed E-state index contributed by atoms with van der Waals surface area (Å²) in [6, 6.07) is 11.3. The molecule has 1 aromatic heterocycles. The van der Waals surface area contributed by atoms with Gasteiger partial charge in [0, 0.05) is 16.7 Å². The number of carboxylic acids is 1. The summed E-state index contributed by atoms with van der Waals surface area (Å²) in [6.07, 6.45) is -4.85. The number of aliphatic carboxylic acids is 1. The molecule has 0 unspecified atom stereocenters. The van der Waals surface area contributed by atoms with E-state index in [1.807, 2.05) is 0 Å². The van der Waals surface area contributed by atoms with Gasteiger partial charge in [0.1, 0.15) is 12.3 Å². The van der Waals surface area contributed by atoms with Crippen molar-refractivity contribution in [2.75, 3.05) is 22.7 Å². The molecule has 3 rings (SSSR count). The van der Waals surface area contributed by atoms with Crippen LogP contribution in [0.3, 0.4) is 0 Å². The van der Waals surface area contributed by atoms with E-state index in [0.717, 1.165) is 12.1 Å². The molecule has 13 heteroatoms. The molecule has 0 amide bonds. The summed E-state index contributed by atoms with van der Waals surface area (Å²) in [5, 5.41) is 12.2. The van der Waals surface area contributed by atoms with E-state index in [1.54, 1.807) is 12.1 Å². The topological polar surface area (TPSA) is 108 Å². The van der Waals surface area contributed by atoms with Crippen LogP contribution in [0.4, 0.5) is 30.6 Å². The van der Waals surface area contributed by atoms with Crippen LogP contribution in [0.15, 0.2) is 48.5 Å². The van der Waals surface area contributed by atoms with Gasteiger partial charge in [0.05, 0.1) is 16.4 Å². The number of rotatable bonds is 8. The molecule has 8 nitrogen and oxygen atoms in total. The van der Waals surface area contributed by atoms with Gasteiger partial charge in [-0.25, -0.2) is 4.98 Å². The largest absolute Gasteiger partial charge is 0.573 e. The van der Waals surface area contributed by atoms with Crippen LogP contribution >= 0.6 is 23.2 Å². The number of ether oxygens (including phenoxy) is 1. The normalized spacial score (nSPS) is 11.0. The van der Waals surface area contributed by atoms with Gasteiger partial charge >= 0.3 is 12.3 Å². The van der Waals surface area contributed by atoms with Crippen molar-refractivity contribution in [2.45, 2.75) is 6.36 Å². The number of halogens is 5. The molecule has 32 heavy (non-hydrogen) atoms. The molecule has 0 saturated carbocycles. The first kappa shape index (κ1) is 23.2. The summed E-state index contributed by atoms with van der Waals surface area (Å²) >= 11 is 12.0. The van der Waals surface area contributed by atoms with Crippen LogP contribution in [0.5, 0.6) is 5.75 Å². The number of aromatic nitrogens is 2. The summed E-state index contributed by atoms with van der Waals surface area (Å²) in [5.41, 5.74) is 6.55. The van der Waals surface area contributed by atoms with Gasteiger partial charge in [-0.15, -0.1) is 13.2 Å². The zero-order valence-electron chi connectivity index (χ0n) is 15.9. The average molecular weight is 488 g/mol. The summed E-state index contributed by atoms with van der Waals surface area (Å²) in [6.45, 7) is -0.476. The van der Waals surface area contributed by atoms with Crippen LogP contribution in [0, 0.1) is 0 Å². The molecule has 0 saturated heterocycles. The fourth-order valence-corrected chi connectivity index (χ4v) is 2.92. The number of nitrogens with one attached hydrogen (secondary N) is 3. The van der Waals surface area contributed by atoms with Crippen LogP contribution in [0.25, 0.3) is 11.3 Å². The van der Waals surface area contributed by atoms with Gasteiger partial charge in [-0.3, -0.25) is 15.6 Å². The quantitative estimate of drug-likeness (QED) is 0.317. The molecule has 0 aliphatic rings. The van der Waals surface area contributed by atoms with Crippen LogP contribution in [-0.4, -0.2) is 34.0 Å². The molecular formula is C19H14Cl2F3N5O3. The minimum Gasteiger partial charge on any atom is -0.480 e. The Kier molecular flexibility index (Phi) is 7.11. The number of carbonyl (C=O) groups is 1. The molecule has 0 radical (unpaired) electrons. The van der Waals surface area contributed by atoms with Crippen LogP contribution in [0.1, 0.15) is 0 Å². The number of anilines is 3. The fourth-order valence-electron chi connectivity index (χ4n) is 2.47. The predicted molar refractivity (Wildman–Crippen MR) is 114 cm³/mol. The Balaban J connectivity index is 1.90. The van der Waals surface area contributed by atoms with Crippen molar-refractivity contribution in [1.82, 2.24) is 9.97 Å². The van der Waals surface area contributed by atoms with E-state index in [-0.39, 0.29) is 23.0 Å². The zero-order chi connectivity index (χ0) is 23.3. The van der Waals surface area contributed by atoms with E-state index in [9.17, 15) is 18.0 Å². The molecule has 0 aliphatic carbocycles. The first-order valence-electron chi connectivity index (χ1n) is 8.77. The lowest BCUT2D eigenvalue weighted by atomic mass is 10.1. The Labute approximate surface area is 189 Å².